The van der Waals surface area contributed by atoms with Gasteiger partial charge in [0.2, 0.25) is 11.8 Å². The number of hydrogen-bond donors (Lipinski definition) is 3. The summed E-state index contributed by atoms with van der Waals surface area (Å²) < 4.78 is 0. The molecule has 2 amide bonds. The normalized spacial score (nSPS) is 12.2. The summed E-state index contributed by atoms with van der Waals surface area (Å²) in [5, 5.41) is 2.80. The third kappa shape index (κ3) is 4.26. The minimum absolute atomic E-state index is 0.0370. The minimum atomic E-state index is -0.467. The van der Waals surface area contributed by atoms with Crippen molar-refractivity contribution in [1.29, 1.82) is 0 Å². The zero-order valence-electron chi connectivity index (χ0n) is 11.4. The summed E-state index contributed by atoms with van der Waals surface area (Å²) in [5.41, 5.74) is 13.0. The summed E-state index contributed by atoms with van der Waals surface area (Å²) in [5.74, 6) is -0.664. The van der Waals surface area contributed by atoms with Gasteiger partial charge < -0.3 is 16.8 Å². The molecule has 0 saturated carbocycles. The quantitative estimate of drug-likeness (QED) is 0.667. The van der Waals surface area contributed by atoms with Crippen LogP contribution in [0.4, 0.5) is 11.4 Å². The van der Waals surface area contributed by atoms with E-state index in [0.717, 1.165) is 5.56 Å². The smallest absolute Gasteiger partial charge is 0.241 e. The number of carbonyl (C=O) groups excluding carboxylic acids is 2. The first-order valence-corrected chi connectivity index (χ1v) is 5.96. The van der Waals surface area contributed by atoms with Gasteiger partial charge in [0, 0.05) is 11.4 Å². The summed E-state index contributed by atoms with van der Waals surface area (Å²) in [7, 11) is 1.67. The Labute approximate surface area is 112 Å². The first-order chi connectivity index (χ1) is 8.81. The van der Waals surface area contributed by atoms with Crippen molar-refractivity contribution in [1.82, 2.24) is 4.90 Å². The van der Waals surface area contributed by atoms with Crippen LogP contribution >= 0.6 is 0 Å². The molecule has 0 aliphatic heterocycles. The van der Waals surface area contributed by atoms with E-state index in [-0.39, 0.29) is 12.5 Å². The predicted molar refractivity (Wildman–Crippen MR) is 75.5 cm³/mol. The van der Waals surface area contributed by atoms with E-state index >= 15 is 0 Å². The van der Waals surface area contributed by atoms with Crippen LogP contribution < -0.4 is 16.8 Å². The number of primary amides is 1. The molecule has 19 heavy (non-hydrogen) atoms. The highest BCUT2D eigenvalue weighted by atomic mass is 16.2. The molecule has 6 heteroatoms. The molecule has 6 nitrogen and oxygen atoms in total. The van der Waals surface area contributed by atoms with Gasteiger partial charge in [-0.2, -0.15) is 0 Å². The molecule has 1 aromatic carbocycles. The fourth-order valence-corrected chi connectivity index (χ4v) is 1.65. The number of hydrogen-bond acceptors (Lipinski definition) is 4. The van der Waals surface area contributed by atoms with E-state index in [1.54, 1.807) is 37.1 Å². The highest BCUT2D eigenvalue weighted by molar-refractivity contribution is 5.95. The monoisotopic (exact) mass is 264 g/mol. The fourth-order valence-electron chi connectivity index (χ4n) is 1.65. The number of anilines is 2. The number of carbonyl (C=O) groups is 2. The number of benzene rings is 1. The van der Waals surface area contributed by atoms with Crippen LogP contribution in [0.25, 0.3) is 0 Å². The Kier molecular flexibility index (Phi) is 4.88. The Bertz CT molecular complexity index is 488. The lowest BCUT2D eigenvalue weighted by Gasteiger charge is -2.22. The van der Waals surface area contributed by atoms with Gasteiger partial charge in [-0.05, 0) is 44.7 Å². The molecule has 1 rings (SSSR count). The van der Waals surface area contributed by atoms with Gasteiger partial charge in [-0.25, -0.2) is 0 Å². The second-order valence-corrected chi connectivity index (χ2v) is 4.62. The number of amides is 2. The maximum absolute atomic E-state index is 12.0. The zero-order valence-corrected chi connectivity index (χ0v) is 11.4. The molecule has 0 bridgehead atoms. The first-order valence-electron chi connectivity index (χ1n) is 5.96. The highest BCUT2D eigenvalue weighted by Gasteiger charge is 2.19. The number of nitrogens with zero attached hydrogens (tertiary/aromatic N) is 1. The van der Waals surface area contributed by atoms with Crippen molar-refractivity contribution in [2.45, 2.75) is 19.9 Å². The van der Waals surface area contributed by atoms with E-state index in [0.29, 0.717) is 11.4 Å². The van der Waals surface area contributed by atoms with E-state index in [9.17, 15) is 9.59 Å². The van der Waals surface area contributed by atoms with Crippen molar-refractivity contribution >= 4 is 23.2 Å². The van der Waals surface area contributed by atoms with Crippen LogP contribution in [0.2, 0.25) is 0 Å². The zero-order chi connectivity index (χ0) is 14.6. The molecule has 5 N–H and O–H groups in total. The minimum Gasteiger partial charge on any atom is -0.399 e. The summed E-state index contributed by atoms with van der Waals surface area (Å²) in [6.07, 6.45) is 0. The SMILES string of the molecule is Cc1cc(N)ccc1NC(=O)C(C)N(C)CC(N)=O. The molecule has 0 aliphatic carbocycles. The van der Waals surface area contributed by atoms with Crippen molar-refractivity contribution < 1.29 is 9.59 Å². The summed E-state index contributed by atoms with van der Waals surface area (Å²) in [6, 6.07) is 4.81. The fraction of sp³-hybridized carbons (Fsp3) is 0.385. The third-order valence-corrected chi connectivity index (χ3v) is 2.95. The lowest BCUT2D eigenvalue weighted by atomic mass is 10.1. The Morgan fingerprint density at radius 3 is 2.58 bits per heavy atom. The van der Waals surface area contributed by atoms with Crippen LogP contribution in [-0.4, -0.2) is 36.3 Å². The van der Waals surface area contributed by atoms with Crippen LogP contribution in [0.5, 0.6) is 0 Å². The van der Waals surface area contributed by atoms with Crippen molar-refractivity contribution in [2.24, 2.45) is 5.73 Å². The van der Waals surface area contributed by atoms with E-state index < -0.39 is 11.9 Å². The molecular weight excluding hydrogens is 244 g/mol. The number of nitrogen functional groups attached to an aromatic ring is 1. The molecular formula is C13H20N4O2. The molecule has 0 spiro atoms. The molecule has 0 radical (unpaired) electrons. The van der Waals surface area contributed by atoms with E-state index in [2.05, 4.69) is 5.32 Å². The van der Waals surface area contributed by atoms with Crippen LogP contribution in [0, 0.1) is 6.92 Å². The number of aryl methyl sites for hydroxylation is 1. The van der Waals surface area contributed by atoms with Crippen molar-refractivity contribution in [3.8, 4) is 0 Å². The lowest BCUT2D eigenvalue weighted by molar-refractivity contribution is -0.123. The largest absolute Gasteiger partial charge is 0.399 e. The van der Waals surface area contributed by atoms with Crippen LogP contribution in [0.15, 0.2) is 18.2 Å². The van der Waals surface area contributed by atoms with Crippen LogP contribution in [0.3, 0.4) is 0 Å². The Morgan fingerprint density at radius 2 is 2.05 bits per heavy atom. The van der Waals surface area contributed by atoms with Gasteiger partial charge in [0.1, 0.15) is 0 Å². The van der Waals surface area contributed by atoms with Gasteiger partial charge in [-0.15, -0.1) is 0 Å². The number of rotatable bonds is 5. The predicted octanol–water partition coefficient (Wildman–Crippen LogP) is 0.321. The van der Waals surface area contributed by atoms with E-state index in [1.807, 2.05) is 6.92 Å². The van der Waals surface area contributed by atoms with Gasteiger partial charge in [-0.1, -0.05) is 0 Å². The lowest BCUT2D eigenvalue weighted by Crippen LogP contribution is -2.43. The summed E-state index contributed by atoms with van der Waals surface area (Å²) in [4.78, 5) is 24.4. The average molecular weight is 264 g/mol. The molecule has 1 atom stereocenters. The maximum atomic E-state index is 12.0. The number of nitrogens with one attached hydrogen (secondary N) is 1. The summed E-state index contributed by atoms with van der Waals surface area (Å²) in [6.45, 7) is 3.62. The van der Waals surface area contributed by atoms with Crippen molar-refractivity contribution in [3.63, 3.8) is 0 Å². The molecule has 1 unspecified atom stereocenters. The number of nitrogens with two attached hydrogens (primary N) is 2. The number of likely N-dealkylation sites (N-methyl/N-ethyl adjacent to an activating group) is 1. The summed E-state index contributed by atoms with van der Waals surface area (Å²) >= 11 is 0. The molecule has 1 aromatic rings. The first kappa shape index (κ1) is 15.0. The second-order valence-electron chi connectivity index (χ2n) is 4.62. The average Bonchev–Trinajstić information content (AvgIpc) is 2.30. The Hall–Kier alpha value is -2.08. The molecule has 0 saturated heterocycles. The van der Waals surface area contributed by atoms with Gasteiger partial charge in [0.25, 0.3) is 0 Å². The van der Waals surface area contributed by atoms with Gasteiger partial charge in [0.05, 0.1) is 12.6 Å². The highest BCUT2D eigenvalue weighted by Crippen LogP contribution is 2.18. The Balaban J connectivity index is 2.71. The standard InChI is InChI=1S/C13H20N4O2/c1-8-6-10(14)4-5-11(8)16-13(19)9(2)17(3)7-12(15)18/h4-6,9H,7,14H2,1-3H3,(H2,15,18)(H,16,19). The molecule has 104 valence electrons. The maximum Gasteiger partial charge on any atom is 0.241 e. The molecule has 0 heterocycles. The van der Waals surface area contributed by atoms with Crippen LogP contribution in [0.1, 0.15) is 12.5 Å². The third-order valence-electron chi connectivity index (χ3n) is 2.95. The Morgan fingerprint density at radius 1 is 1.42 bits per heavy atom. The van der Waals surface area contributed by atoms with Crippen molar-refractivity contribution in [3.05, 3.63) is 23.8 Å². The van der Waals surface area contributed by atoms with E-state index in [4.69, 9.17) is 11.5 Å². The second kappa shape index (κ2) is 6.19. The van der Waals surface area contributed by atoms with Gasteiger partial charge in [0.15, 0.2) is 0 Å². The van der Waals surface area contributed by atoms with E-state index in [1.165, 1.54) is 0 Å². The topological polar surface area (TPSA) is 101 Å². The van der Waals surface area contributed by atoms with Crippen molar-refractivity contribution in [2.75, 3.05) is 24.6 Å². The molecule has 0 fully saturated rings. The molecule has 0 aromatic heterocycles. The van der Waals surface area contributed by atoms with Crippen LogP contribution in [-0.2, 0) is 9.59 Å². The molecule has 0 aliphatic rings. The van der Waals surface area contributed by atoms with Gasteiger partial charge in [-0.3, -0.25) is 14.5 Å². The van der Waals surface area contributed by atoms with Gasteiger partial charge >= 0.3 is 0 Å².